The van der Waals surface area contributed by atoms with Crippen LogP contribution >= 0.6 is 0 Å². The van der Waals surface area contributed by atoms with E-state index < -0.39 is 9.84 Å². The second kappa shape index (κ2) is 6.41. The highest BCUT2D eigenvalue weighted by atomic mass is 32.2. The van der Waals surface area contributed by atoms with E-state index >= 15 is 0 Å². The molecule has 1 aromatic rings. The third-order valence-electron chi connectivity index (χ3n) is 4.95. The van der Waals surface area contributed by atoms with Gasteiger partial charge < -0.3 is 5.32 Å². The van der Waals surface area contributed by atoms with Gasteiger partial charge in [-0.15, -0.1) is 0 Å². The average molecular weight is 321 g/mol. The number of carbonyl (C=O) groups excluding carboxylic acids is 1. The molecule has 1 aromatic carbocycles. The molecule has 3 rings (SSSR count). The van der Waals surface area contributed by atoms with Crippen LogP contribution in [0.5, 0.6) is 0 Å². The molecule has 0 spiro atoms. The van der Waals surface area contributed by atoms with Gasteiger partial charge in [-0.2, -0.15) is 0 Å². The van der Waals surface area contributed by atoms with Crippen LogP contribution in [0.3, 0.4) is 0 Å². The minimum absolute atomic E-state index is 0.0260. The molecule has 1 saturated heterocycles. The molecule has 1 atom stereocenters. The first kappa shape index (κ1) is 15.5. The molecule has 1 aliphatic heterocycles. The van der Waals surface area contributed by atoms with Crippen molar-refractivity contribution in [3.63, 3.8) is 0 Å². The zero-order valence-electron chi connectivity index (χ0n) is 12.7. The van der Waals surface area contributed by atoms with Crippen LogP contribution in [-0.2, 0) is 14.6 Å². The Morgan fingerprint density at radius 3 is 2.27 bits per heavy atom. The Morgan fingerprint density at radius 2 is 1.68 bits per heavy atom. The first-order valence-electron chi connectivity index (χ1n) is 8.09. The smallest absolute Gasteiger partial charge is 0.224 e. The summed E-state index contributed by atoms with van der Waals surface area (Å²) in [6.45, 7) is 0. The lowest BCUT2D eigenvalue weighted by Crippen LogP contribution is -2.41. The molecule has 120 valence electrons. The zero-order valence-corrected chi connectivity index (χ0v) is 13.5. The molecular formula is C17H23NO3S. The Hall–Kier alpha value is -1.36. The second-order valence-corrected chi connectivity index (χ2v) is 8.80. The molecule has 1 aliphatic carbocycles. The predicted molar refractivity (Wildman–Crippen MR) is 86.3 cm³/mol. The summed E-state index contributed by atoms with van der Waals surface area (Å²) in [5.74, 6) is 0.367. The normalized spacial score (nSPS) is 30.8. The number of hydrogen-bond acceptors (Lipinski definition) is 3. The molecule has 22 heavy (non-hydrogen) atoms. The number of benzene rings is 1. The maximum absolute atomic E-state index is 12.2. The largest absolute Gasteiger partial charge is 0.353 e. The van der Waals surface area contributed by atoms with Crippen LogP contribution in [0.25, 0.3) is 0 Å². The van der Waals surface area contributed by atoms with E-state index in [4.69, 9.17) is 0 Å². The molecule has 0 bridgehead atoms. The monoisotopic (exact) mass is 321 g/mol. The summed E-state index contributed by atoms with van der Waals surface area (Å²) in [5, 5.41) is 3.07. The summed E-state index contributed by atoms with van der Waals surface area (Å²) in [4.78, 5) is 12.2. The van der Waals surface area contributed by atoms with E-state index in [9.17, 15) is 13.2 Å². The van der Waals surface area contributed by atoms with Gasteiger partial charge in [0.2, 0.25) is 5.91 Å². The van der Waals surface area contributed by atoms with Gasteiger partial charge in [0.25, 0.3) is 0 Å². The summed E-state index contributed by atoms with van der Waals surface area (Å²) in [6.07, 6.45) is 4.60. The van der Waals surface area contributed by atoms with Crippen LogP contribution in [0.1, 0.15) is 43.6 Å². The first-order valence-corrected chi connectivity index (χ1v) is 9.91. The van der Waals surface area contributed by atoms with Crippen LogP contribution < -0.4 is 5.32 Å². The van der Waals surface area contributed by atoms with Crippen molar-refractivity contribution in [3.05, 3.63) is 35.9 Å². The van der Waals surface area contributed by atoms with Crippen LogP contribution in [0.4, 0.5) is 0 Å². The van der Waals surface area contributed by atoms with Gasteiger partial charge in [0.05, 0.1) is 17.4 Å². The van der Waals surface area contributed by atoms with Gasteiger partial charge in [-0.1, -0.05) is 30.3 Å². The highest BCUT2D eigenvalue weighted by Crippen LogP contribution is 2.33. The lowest BCUT2D eigenvalue weighted by Gasteiger charge is -2.30. The summed E-state index contributed by atoms with van der Waals surface area (Å²) in [5.41, 5.74) is 1.38. The van der Waals surface area contributed by atoms with E-state index in [1.165, 1.54) is 5.56 Å². The summed E-state index contributed by atoms with van der Waals surface area (Å²) in [6, 6.07) is 10.7. The third-order valence-corrected chi connectivity index (χ3v) is 6.72. The maximum atomic E-state index is 12.2. The fourth-order valence-corrected chi connectivity index (χ4v) is 5.36. The molecular weight excluding hydrogens is 298 g/mol. The van der Waals surface area contributed by atoms with Gasteiger partial charge in [-0.25, -0.2) is 8.42 Å². The summed E-state index contributed by atoms with van der Waals surface area (Å²) in [7, 11) is -2.99. The first-order chi connectivity index (χ1) is 10.5. The van der Waals surface area contributed by atoms with Crippen LogP contribution in [-0.4, -0.2) is 31.9 Å². The van der Waals surface area contributed by atoms with Crippen molar-refractivity contribution < 1.29 is 13.2 Å². The van der Waals surface area contributed by atoms with Crippen molar-refractivity contribution in [1.82, 2.24) is 5.32 Å². The van der Waals surface area contributed by atoms with E-state index in [-0.39, 0.29) is 29.4 Å². The van der Waals surface area contributed by atoms with Gasteiger partial charge in [-0.3, -0.25) is 4.79 Å². The maximum Gasteiger partial charge on any atom is 0.224 e. The fourth-order valence-electron chi connectivity index (χ4n) is 3.62. The minimum Gasteiger partial charge on any atom is -0.353 e. The summed E-state index contributed by atoms with van der Waals surface area (Å²) < 4.78 is 22.9. The highest BCUT2D eigenvalue weighted by Gasteiger charge is 2.34. The van der Waals surface area contributed by atoms with Gasteiger partial charge in [-0.05, 0) is 43.6 Å². The molecule has 5 heteroatoms. The molecule has 1 heterocycles. The second-order valence-electron chi connectivity index (χ2n) is 6.57. The van der Waals surface area contributed by atoms with E-state index in [0.717, 1.165) is 25.7 Å². The van der Waals surface area contributed by atoms with Gasteiger partial charge in [0.1, 0.15) is 0 Å². The molecule has 0 aromatic heterocycles. The third kappa shape index (κ3) is 3.69. The summed E-state index contributed by atoms with van der Waals surface area (Å²) >= 11 is 0. The standard InChI is InChI=1S/C17H23NO3S/c19-17(15-10-11-22(20,21)12-15)18-16-8-6-14(7-9-16)13-4-2-1-3-5-13/h1-5,14-16H,6-12H2,(H,18,19)/t14?,15-,16?/m0/s1. The topological polar surface area (TPSA) is 63.2 Å². The number of sulfone groups is 1. The lowest BCUT2D eigenvalue weighted by atomic mass is 9.81. The Labute approximate surface area is 132 Å². The quantitative estimate of drug-likeness (QED) is 0.929. The van der Waals surface area contributed by atoms with Crippen molar-refractivity contribution in [3.8, 4) is 0 Å². The van der Waals surface area contributed by atoms with Gasteiger partial charge >= 0.3 is 0 Å². The van der Waals surface area contributed by atoms with Crippen molar-refractivity contribution in [2.24, 2.45) is 5.92 Å². The van der Waals surface area contributed by atoms with Gasteiger partial charge in [0.15, 0.2) is 9.84 Å². The molecule has 2 aliphatic rings. The van der Waals surface area contributed by atoms with Crippen LogP contribution in [0, 0.1) is 5.92 Å². The van der Waals surface area contributed by atoms with Crippen LogP contribution in [0.15, 0.2) is 30.3 Å². The van der Waals surface area contributed by atoms with Crippen molar-refractivity contribution >= 4 is 15.7 Å². The van der Waals surface area contributed by atoms with Crippen molar-refractivity contribution in [2.45, 2.75) is 44.1 Å². The molecule has 0 radical (unpaired) electrons. The van der Waals surface area contributed by atoms with E-state index in [2.05, 4.69) is 29.6 Å². The van der Waals surface area contributed by atoms with Crippen LogP contribution in [0.2, 0.25) is 0 Å². The van der Waals surface area contributed by atoms with E-state index in [1.54, 1.807) is 0 Å². The molecule has 2 fully saturated rings. The Morgan fingerprint density at radius 1 is 1.00 bits per heavy atom. The number of amides is 1. The van der Waals surface area contributed by atoms with Crippen molar-refractivity contribution in [1.29, 1.82) is 0 Å². The van der Waals surface area contributed by atoms with Gasteiger partial charge in [0, 0.05) is 6.04 Å². The predicted octanol–water partition coefficient (Wildman–Crippen LogP) is 2.26. The van der Waals surface area contributed by atoms with E-state index in [0.29, 0.717) is 12.3 Å². The number of nitrogens with one attached hydrogen (secondary N) is 1. The fraction of sp³-hybridized carbons (Fsp3) is 0.588. The van der Waals surface area contributed by atoms with Crippen molar-refractivity contribution in [2.75, 3.05) is 11.5 Å². The average Bonchev–Trinajstić information content (AvgIpc) is 2.89. The molecule has 1 N–H and O–H groups in total. The molecule has 1 saturated carbocycles. The highest BCUT2D eigenvalue weighted by molar-refractivity contribution is 7.91. The number of rotatable bonds is 3. The lowest BCUT2D eigenvalue weighted by molar-refractivity contribution is -0.125. The Bertz CT molecular complexity index is 619. The SMILES string of the molecule is O=C(NC1CCC(c2ccccc2)CC1)[C@H]1CCS(=O)(=O)C1. The zero-order chi connectivity index (χ0) is 15.6. The number of hydrogen-bond donors (Lipinski definition) is 1. The Kier molecular flexibility index (Phi) is 4.52. The Balaban J connectivity index is 1.49. The molecule has 1 amide bonds. The number of carbonyl (C=O) groups is 1. The van der Waals surface area contributed by atoms with E-state index in [1.807, 2.05) is 6.07 Å². The molecule has 4 nitrogen and oxygen atoms in total. The minimum atomic E-state index is -2.99. The molecule has 0 unspecified atom stereocenters.